The van der Waals surface area contributed by atoms with Crippen molar-refractivity contribution in [2.45, 2.75) is 11.4 Å². The second kappa shape index (κ2) is 4.68. The Morgan fingerprint density at radius 1 is 1.32 bits per heavy atom. The predicted octanol–water partition coefficient (Wildman–Crippen LogP) is 0.893. The molecule has 98 valence electrons. The first-order valence-electron chi connectivity index (χ1n) is 5.35. The molecule has 0 radical (unpaired) electrons. The normalized spacial score (nSPS) is 12.0. The van der Waals surface area contributed by atoms with Crippen molar-refractivity contribution in [2.75, 3.05) is 0 Å². The van der Waals surface area contributed by atoms with E-state index in [2.05, 4.69) is 23.4 Å². The smallest absolute Gasteiger partial charge is 0.243 e. The minimum Gasteiger partial charge on any atom is -0.347 e. The van der Waals surface area contributed by atoms with E-state index >= 15 is 0 Å². The van der Waals surface area contributed by atoms with E-state index in [0.717, 1.165) is 11.7 Å². The zero-order chi connectivity index (χ0) is 13.3. The van der Waals surface area contributed by atoms with Gasteiger partial charge in [0.2, 0.25) is 10.0 Å². The molecule has 0 fully saturated rings. The Kier molecular flexibility index (Phi) is 3.01. The molecule has 2 aromatic heterocycles. The number of hydrogen-bond donors (Lipinski definition) is 2. The van der Waals surface area contributed by atoms with Crippen LogP contribution < -0.4 is 4.72 Å². The average molecular weight is 295 g/mol. The van der Waals surface area contributed by atoms with Gasteiger partial charge in [-0.1, -0.05) is 6.07 Å². The van der Waals surface area contributed by atoms with Crippen molar-refractivity contribution in [3.63, 3.8) is 0 Å². The molecule has 0 atom stereocenters. The molecule has 1 aromatic carbocycles. The van der Waals surface area contributed by atoms with Crippen molar-refractivity contribution in [3.05, 3.63) is 36.4 Å². The lowest BCUT2D eigenvalue weighted by atomic mass is 10.3. The first-order valence-corrected chi connectivity index (χ1v) is 7.56. The topological polar surface area (TPSA) is 101 Å². The minimum absolute atomic E-state index is 0.137. The summed E-state index contributed by atoms with van der Waals surface area (Å²) in [7, 11) is -3.63. The molecule has 0 aliphatic carbocycles. The van der Waals surface area contributed by atoms with Gasteiger partial charge >= 0.3 is 0 Å². The van der Waals surface area contributed by atoms with Crippen LogP contribution >= 0.6 is 11.7 Å². The molecule has 7 nitrogen and oxygen atoms in total. The molecule has 3 aromatic rings. The van der Waals surface area contributed by atoms with Crippen LogP contribution in [0.1, 0.15) is 5.69 Å². The molecule has 0 saturated heterocycles. The van der Waals surface area contributed by atoms with Crippen LogP contribution in [-0.4, -0.2) is 27.1 Å². The lowest BCUT2D eigenvalue weighted by Crippen LogP contribution is -2.23. The monoisotopic (exact) mass is 295 g/mol. The van der Waals surface area contributed by atoms with E-state index in [-0.39, 0.29) is 11.4 Å². The van der Waals surface area contributed by atoms with Crippen LogP contribution in [0.25, 0.3) is 11.0 Å². The van der Waals surface area contributed by atoms with E-state index in [1.807, 2.05) is 0 Å². The van der Waals surface area contributed by atoms with E-state index < -0.39 is 10.0 Å². The van der Waals surface area contributed by atoms with Gasteiger partial charge in [-0.3, -0.25) is 0 Å². The largest absolute Gasteiger partial charge is 0.347 e. The van der Waals surface area contributed by atoms with E-state index in [1.54, 1.807) is 18.3 Å². The Morgan fingerprint density at radius 3 is 3.00 bits per heavy atom. The van der Waals surface area contributed by atoms with Crippen LogP contribution in [0.2, 0.25) is 0 Å². The second-order valence-electron chi connectivity index (χ2n) is 3.79. The molecule has 9 heteroatoms. The van der Waals surface area contributed by atoms with Gasteiger partial charge in [0, 0.05) is 11.9 Å². The van der Waals surface area contributed by atoms with Crippen LogP contribution in [0.4, 0.5) is 0 Å². The van der Waals surface area contributed by atoms with E-state index in [0.29, 0.717) is 16.7 Å². The third-order valence-electron chi connectivity index (χ3n) is 2.55. The molecule has 0 unspecified atom stereocenters. The number of nitrogens with zero attached hydrogens (tertiary/aromatic N) is 3. The number of rotatable bonds is 4. The van der Waals surface area contributed by atoms with Gasteiger partial charge in [0.25, 0.3) is 0 Å². The molecule has 0 aliphatic heterocycles. The fraction of sp³-hybridized carbons (Fsp3) is 0.100. The summed E-state index contributed by atoms with van der Waals surface area (Å²) in [6, 6.07) is 4.89. The first-order chi connectivity index (χ1) is 9.17. The maximum atomic E-state index is 12.2. The number of nitrogens with one attached hydrogen (secondary N) is 2. The standard InChI is InChI=1S/C10H9N5O2S2/c16-19(17,13-5-7-4-11-6-12-7)9-3-1-2-8-10(9)15-18-14-8/h1-4,6,13H,5H2,(H,11,12). The highest BCUT2D eigenvalue weighted by Crippen LogP contribution is 2.20. The Hall–Kier alpha value is -1.84. The van der Waals surface area contributed by atoms with Crippen LogP contribution in [0.5, 0.6) is 0 Å². The number of aromatic nitrogens is 4. The van der Waals surface area contributed by atoms with Gasteiger partial charge in [0.05, 0.1) is 24.6 Å². The molecule has 2 heterocycles. The molecule has 3 rings (SSSR count). The van der Waals surface area contributed by atoms with E-state index in [4.69, 9.17) is 0 Å². The number of H-pyrrole nitrogens is 1. The van der Waals surface area contributed by atoms with Crippen molar-refractivity contribution < 1.29 is 8.42 Å². The zero-order valence-electron chi connectivity index (χ0n) is 9.57. The molecular weight excluding hydrogens is 286 g/mol. The van der Waals surface area contributed by atoms with Gasteiger partial charge in [0.15, 0.2) is 0 Å². The van der Waals surface area contributed by atoms with Gasteiger partial charge in [0.1, 0.15) is 15.9 Å². The van der Waals surface area contributed by atoms with Gasteiger partial charge < -0.3 is 4.98 Å². The SMILES string of the molecule is O=S(=O)(NCc1cnc[nH]1)c1cccc2nsnc12. The fourth-order valence-electron chi connectivity index (χ4n) is 1.63. The average Bonchev–Trinajstić information content (AvgIpc) is 3.06. The highest BCUT2D eigenvalue weighted by Gasteiger charge is 2.19. The summed E-state index contributed by atoms with van der Waals surface area (Å²) < 4.78 is 35.0. The number of imidazole rings is 1. The van der Waals surface area contributed by atoms with Crippen LogP contribution in [0, 0.1) is 0 Å². The van der Waals surface area contributed by atoms with Gasteiger partial charge in [-0.25, -0.2) is 18.1 Å². The summed E-state index contributed by atoms with van der Waals surface area (Å²) in [6.45, 7) is 0.149. The Morgan fingerprint density at radius 2 is 2.21 bits per heavy atom. The molecule has 0 saturated carbocycles. The lowest BCUT2D eigenvalue weighted by molar-refractivity contribution is 0.581. The molecule has 0 aliphatic rings. The Bertz CT molecular complexity index is 794. The molecule has 0 spiro atoms. The van der Waals surface area contributed by atoms with Gasteiger partial charge in [-0.05, 0) is 12.1 Å². The van der Waals surface area contributed by atoms with E-state index in [9.17, 15) is 8.42 Å². The summed E-state index contributed by atoms with van der Waals surface area (Å²) in [5.41, 5.74) is 1.66. The third-order valence-corrected chi connectivity index (χ3v) is 4.52. The molecule has 2 N–H and O–H groups in total. The number of aromatic amines is 1. The maximum Gasteiger partial charge on any atom is 0.243 e. The number of sulfonamides is 1. The number of hydrogen-bond acceptors (Lipinski definition) is 6. The summed E-state index contributed by atoms with van der Waals surface area (Å²) in [5.74, 6) is 0. The third kappa shape index (κ3) is 2.35. The minimum atomic E-state index is -3.63. The molecular formula is C10H9N5O2S2. The summed E-state index contributed by atoms with van der Waals surface area (Å²) >= 11 is 0.991. The zero-order valence-corrected chi connectivity index (χ0v) is 11.2. The summed E-state index contributed by atoms with van der Waals surface area (Å²) in [5, 5.41) is 0. The molecule has 19 heavy (non-hydrogen) atoms. The summed E-state index contributed by atoms with van der Waals surface area (Å²) in [6.07, 6.45) is 3.06. The van der Waals surface area contributed by atoms with Gasteiger partial charge in [-0.15, -0.1) is 0 Å². The van der Waals surface area contributed by atoms with Crippen LogP contribution in [0.15, 0.2) is 35.6 Å². The lowest BCUT2D eigenvalue weighted by Gasteiger charge is -2.05. The highest BCUT2D eigenvalue weighted by molar-refractivity contribution is 7.89. The van der Waals surface area contributed by atoms with Crippen molar-refractivity contribution in [1.82, 2.24) is 23.4 Å². The van der Waals surface area contributed by atoms with Crippen LogP contribution in [-0.2, 0) is 16.6 Å². The van der Waals surface area contributed by atoms with Crippen molar-refractivity contribution in [2.24, 2.45) is 0 Å². The quantitative estimate of drug-likeness (QED) is 0.744. The van der Waals surface area contributed by atoms with Crippen LogP contribution in [0.3, 0.4) is 0 Å². The van der Waals surface area contributed by atoms with Crippen molar-refractivity contribution in [1.29, 1.82) is 0 Å². The number of fused-ring (bicyclic) bond motifs is 1. The fourth-order valence-corrected chi connectivity index (χ4v) is 3.40. The highest BCUT2D eigenvalue weighted by atomic mass is 32.2. The summed E-state index contributed by atoms with van der Waals surface area (Å²) in [4.78, 5) is 6.79. The Balaban J connectivity index is 1.93. The second-order valence-corrected chi connectivity index (χ2v) is 6.05. The van der Waals surface area contributed by atoms with Crippen molar-refractivity contribution in [3.8, 4) is 0 Å². The predicted molar refractivity (Wildman–Crippen MR) is 70.0 cm³/mol. The van der Waals surface area contributed by atoms with E-state index in [1.165, 1.54) is 12.4 Å². The molecule has 0 amide bonds. The molecule has 0 bridgehead atoms. The first kappa shape index (κ1) is 12.2. The maximum absolute atomic E-state index is 12.2. The Labute approximate surface area is 113 Å². The van der Waals surface area contributed by atoms with Gasteiger partial charge in [-0.2, -0.15) is 8.75 Å². The number of benzene rings is 1. The van der Waals surface area contributed by atoms with Crippen molar-refractivity contribution >= 4 is 32.8 Å².